The first-order valence-corrected chi connectivity index (χ1v) is 34.7. The second kappa shape index (κ2) is 26.7. The largest absolute Gasteiger partial charge is 0.510 e. The zero-order chi connectivity index (χ0) is 93.7. The number of hydrogen-bond donors (Lipinski definition) is 0. The fourth-order valence-electron chi connectivity index (χ4n) is 12.7. The summed E-state index contributed by atoms with van der Waals surface area (Å²) in [6.45, 7) is 23.7. The first-order valence-electron chi connectivity index (χ1n) is 46.7. The SMILES string of the molecule is [2H]c1c([2H])c([2H])c(-c2c([2H])c(-c3cc(C(C)(C)C)cc([Si](c4c([2H])c([2H])c([2H])c([2H])c4[2H])(c4c([2H])c([2H])c([2H])c([2H])c4[2H])c4c([2H])c([2H])c([2H])c([2H])c4[2H])c3-[n+]3[c-]n(-c4[c-]c(Oc5[c-]c6c(cc5)c5ccccc5n6-c5cc(C(C)(C)C)ccn5)ccc4)c4cc(-c5cc(C(C)(C)C)cc(C(C)(C)C)c5)ccc43)c([2H])c(-c3c([2H])c([2H])c([2H])c([2H])c3[2H])c2[2H])c([2H])c1[2H].[Pt]. The summed E-state index contributed by atoms with van der Waals surface area (Å²) in [6, 6.07) is 11.4. The minimum absolute atomic E-state index is 0. The fraction of sp³-hybridized carbons (Fsp3) is 0.170. The van der Waals surface area contributed by atoms with Gasteiger partial charge in [0.05, 0.1) is 55.1 Å². The summed E-state index contributed by atoms with van der Waals surface area (Å²) >= 11 is 0. The van der Waals surface area contributed by atoms with Gasteiger partial charge in [-0.3, -0.25) is 4.57 Å². The van der Waals surface area contributed by atoms with E-state index in [1.807, 2.05) is 59.2 Å². The number of imidazole rings is 1. The molecule has 3 heterocycles. The van der Waals surface area contributed by atoms with Crippen molar-refractivity contribution in [2.75, 3.05) is 0 Å². The molecule has 0 aliphatic carbocycles. The van der Waals surface area contributed by atoms with E-state index in [1.54, 1.807) is 69.4 Å². The van der Waals surface area contributed by atoms with Crippen LogP contribution in [0.3, 0.4) is 0 Å². The number of rotatable bonds is 13. The molecule has 5 nitrogen and oxygen atoms in total. The molecule has 0 aliphatic rings. The van der Waals surface area contributed by atoms with Crippen molar-refractivity contribution in [2.24, 2.45) is 0 Å². The fourth-order valence-corrected chi connectivity index (χ4v) is 16.7. The summed E-state index contributed by atoms with van der Waals surface area (Å²) < 4.78 is 286. The van der Waals surface area contributed by atoms with Crippen molar-refractivity contribution < 1.29 is 68.8 Å². The van der Waals surface area contributed by atoms with Crippen molar-refractivity contribution in [1.82, 2.24) is 14.1 Å². The third-order valence-electron chi connectivity index (χ3n) is 18.0. The molecule has 0 saturated carbocycles. The quantitative estimate of drug-likeness (QED) is 0.0499. The number of hydrogen-bond acceptors (Lipinski definition) is 2. The molecular formula is C94H84N4OPtSi-2. The number of ether oxygens (including phenoxy) is 1. The number of benzene rings is 12. The van der Waals surface area contributed by atoms with E-state index < -0.39 is 253 Å². The number of fused-ring (bicyclic) bond motifs is 4. The van der Waals surface area contributed by atoms with Crippen LogP contribution in [0.25, 0.3) is 94.5 Å². The van der Waals surface area contributed by atoms with Gasteiger partial charge in [0.15, 0.2) is 8.07 Å². The van der Waals surface area contributed by atoms with E-state index in [9.17, 15) is 30.2 Å². The molecule has 101 heavy (non-hydrogen) atoms. The van der Waals surface area contributed by atoms with Gasteiger partial charge in [0.2, 0.25) is 0 Å². The average Bonchev–Trinajstić information content (AvgIpc) is 1.23. The summed E-state index contributed by atoms with van der Waals surface area (Å²) in [5, 5.41) is -1.80. The van der Waals surface area contributed by atoms with E-state index in [1.165, 1.54) is 21.3 Å². The Morgan fingerprint density at radius 1 is 0.426 bits per heavy atom. The topological polar surface area (TPSA) is 35.9 Å². The van der Waals surface area contributed by atoms with Gasteiger partial charge in [-0.05, 0) is 163 Å². The molecule has 15 aromatic rings. The Bertz CT molecular complexity index is 6900. The van der Waals surface area contributed by atoms with Crippen LogP contribution in [-0.2, 0) is 42.7 Å². The van der Waals surface area contributed by atoms with Crippen LogP contribution in [0.5, 0.6) is 11.5 Å². The first kappa shape index (κ1) is 42.1. The van der Waals surface area contributed by atoms with Crippen molar-refractivity contribution in [3.8, 4) is 73.2 Å². The molecule has 0 saturated heterocycles. The molecular weight excluding hydrogens is 1420 g/mol. The Morgan fingerprint density at radius 2 is 0.950 bits per heavy atom. The minimum Gasteiger partial charge on any atom is -0.510 e. The van der Waals surface area contributed by atoms with Crippen LogP contribution < -0.4 is 30.1 Å². The van der Waals surface area contributed by atoms with E-state index in [0.29, 0.717) is 22.5 Å². The van der Waals surface area contributed by atoms with E-state index in [-0.39, 0.29) is 60.3 Å². The molecule has 0 unspecified atom stereocenters. The normalized spacial score (nSPS) is 16.2. The Balaban J connectivity index is 0.0000134. The number of pyridine rings is 1. The molecule has 7 heteroatoms. The van der Waals surface area contributed by atoms with Crippen molar-refractivity contribution >= 4 is 61.7 Å². The average molecular weight is 1540 g/mol. The smallest absolute Gasteiger partial charge is 0.268 e. The Hall–Kier alpha value is -10.2. The van der Waals surface area contributed by atoms with Crippen molar-refractivity contribution in [3.05, 3.63) is 331 Å². The van der Waals surface area contributed by atoms with Gasteiger partial charge in [-0.1, -0.05) is 300 Å². The second-order valence-corrected chi connectivity index (χ2v) is 32.3. The second-order valence-electron chi connectivity index (χ2n) is 28.8. The van der Waals surface area contributed by atoms with Crippen LogP contribution in [0.1, 0.15) is 144 Å². The molecule has 0 N–H and O–H groups in total. The summed E-state index contributed by atoms with van der Waals surface area (Å²) in [5.41, 5.74) is -2.29. The van der Waals surface area contributed by atoms with Gasteiger partial charge < -0.3 is 13.9 Å². The van der Waals surface area contributed by atoms with Gasteiger partial charge in [-0.25, -0.2) is 4.98 Å². The monoisotopic (exact) mass is 1540 g/mol. The zero-order valence-electron chi connectivity index (χ0n) is 85.6. The maximum atomic E-state index is 11.0. The molecule has 0 amide bonds. The van der Waals surface area contributed by atoms with Crippen LogP contribution >= 0.6 is 0 Å². The maximum Gasteiger partial charge on any atom is 0.268 e. The summed E-state index contributed by atoms with van der Waals surface area (Å²) in [6.07, 6.45) is 5.27. The van der Waals surface area contributed by atoms with E-state index >= 15 is 0 Å². The molecule has 0 bridgehead atoms. The van der Waals surface area contributed by atoms with Crippen LogP contribution in [-0.4, -0.2) is 22.2 Å². The van der Waals surface area contributed by atoms with Crippen LogP contribution in [0.4, 0.5) is 0 Å². The zero-order valence-corrected chi connectivity index (χ0v) is 60.8. The molecule has 0 aliphatic heterocycles. The van der Waals surface area contributed by atoms with Gasteiger partial charge in [0.1, 0.15) is 5.82 Å². The number of para-hydroxylation sites is 1. The Morgan fingerprint density at radius 3 is 1.51 bits per heavy atom. The van der Waals surface area contributed by atoms with Crippen LogP contribution in [0.15, 0.2) is 291 Å². The van der Waals surface area contributed by atoms with Gasteiger partial charge in [-0.15, -0.1) is 29.7 Å². The van der Waals surface area contributed by atoms with Gasteiger partial charge >= 0.3 is 0 Å². The third kappa shape index (κ3) is 13.0. The van der Waals surface area contributed by atoms with E-state index in [0.717, 1.165) is 33.0 Å². The molecule has 502 valence electrons. The van der Waals surface area contributed by atoms with Crippen LogP contribution in [0, 0.1) is 18.5 Å². The Kier molecular flexibility index (Phi) is 11.1. The maximum absolute atomic E-state index is 11.0. The van der Waals surface area contributed by atoms with E-state index in [4.69, 9.17) is 17.9 Å². The van der Waals surface area contributed by atoms with Crippen LogP contribution in [0.2, 0.25) is 0 Å². The predicted molar refractivity (Wildman–Crippen MR) is 420 cm³/mol. The predicted octanol–water partition coefficient (Wildman–Crippen LogP) is 20.8. The van der Waals surface area contributed by atoms with Gasteiger partial charge in [0, 0.05) is 44.3 Å². The third-order valence-corrected chi connectivity index (χ3v) is 22.2. The number of nitrogens with zero attached hydrogens (tertiary/aromatic N) is 4. The van der Waals surface area contributed by atoms with Crippen molar-refractivity contribution in [3.63, 3.8) is 0 Å². The summed E-state index contributed by atoms with van der Waals surface area (Å²) in [4.78, 5) is 4.87. The van der Waals surface area contributed by atoms with Crippen molar-refractivity contribution in [2.45, 2.75) is 105 Å². The molecule has 0 atom stereocenters. The molecule has 0 radical (unpaired) electrons. The molecule has 0 fully saturated rings. The van der Waals surface area contributed by atoms with Crippen molar-refractivity contribution in [1.29, 1.82) is 0 Å². The molecule has 15 rings (SSSR count). The standard InChI is InChI=1S/C94H84N4OSi.Pt/c1-91(2,3)71-49-50-95-89(60-71)98-84-44-29-28-43-81(84)82-47-46-77(62-86(82)98)99-76-36-30-35-75(61-76)96-63-97(85-48-45-66(56-87(85)96)69-54-72(92(4,5)6)57-73(55-69)93(7,8)9)90-83(70-52-67(64-31-18-13-19-32-64)51-68(53-70)65-33-20-14-21-34-65)58-74(94(10,11)12)59-88(90)100(78-37-22-15-23-38-78,79-39-24-16-25-40-79)80-41-26-17-27-42-80;/h13-60H,1-12H3;/q-2;/i13D,14D,15D,16D,17D,18D,19D,20D,21D,22D,23D,24D,25D,26D,27D,31D,32D,33D,34D,37D,38D,39D,40D,41D,42D,51D,52D,53D;. The summed E-state index contributed by atoms with van der Waals surface area (Å²) in [5.74, 6) is 0.884. The molecule has 12 aromatic carbocycles. The first-order chi connectivity index (χ1) is 59.7. The summed E-state index contributed by atoms with van der Waals surface area (Å²) in [7, 11) is -6.60. The van der Waals surface area contributed by atoms with Gasteiger partial charge in [-0.2, -0.15) is 18.2 Å². The Labute approximate surface area is 651 Å². The van der Waals surface area contributed by atoms with E-state index in [2.05, 4.69) is 86.8 Å². The molecule has 0 spiro atoms. The molecule has 3 aromatic heterocycles. The number of aromatic nitrogens is 4. The minimum atomic E-state index is -6.60. The van der Waals surface area contributed by atoms with Gasteiger partial charge in [0.25, 0.3) is 6.33 Å².